The molecule has 0 spiro atoms. The van der Waals surface area contributed by atoms with Crippen molar-refractivity contribution in [2.45, 2.75) is 6.18 Å². The van der Waals surface area contributed by atoms with Crippen LogP contribution in [0, 0.1) is 15.9 Å². The number of halogens is 4. The molecule has 0 amide bonds. The highest BCUT2D eigenvalue weighted by molar-refractivity contribution is 5.53. The average Bonchev–Trinajstić information content (AvgIpc) is 2.39. The normalized spacial score (nSPS) is 11.5. The van der Waals surface area contributed by atoms with E-state index in [4.69, 9.17) is 0 Å². The fraction of sp³-hybridized carbons (Fsp3) is 0.0909. The summed E-state index contributed by atoms with van der Waals surface area (Å²) in [5, 5.41) is 19.9. The fourth-order valence-electron chi connectivity index (χ4n) is 1.61. The van der Waals surface area contributed by atoms with Crippen LogP contribution in [-0.2, 0) is 6.18 Å². The van der Waals surface area contributed by atoms with Crippen LogP contribution in [0.5, 0.6) is 5.75 Å². The van der Waals surface area contributed by atoms with Gasteiger partial charge in [-0.05, 0) is 0 Å². The molecular weight excluding hydrogens is 314 g/mol. The molecule has 0 bridgehead atoms. The number of hydrogen-bond acceptors (Lipinski definition) is 5. The second kappa shape index (κ2) is 5.09. The predicted octanol–water partition coefficient (Wildman–Crippen LogP) is 2.00. The molecule has 1 aromatic carbocycles. The van der Waals surface area contributed by atoms with Crippen LogP contribution in [0.4, 0.5) is 23.2 Å². The molecule has 0 fully saturated rings. The first-order valence-electron chi connectivity index (χ1n) is 5.44. The van der Waals surface area contributed by atoms with E-state index >= 15 is 0 Å². The Kier molecular flexibility index (Phi) is 3.57. The lowest BCUT2D eigenvalue weighted by molar-refractivity contribution is -0.386. The van der Waals surface area contributed by atoms with Gasteiger partial charge in [-0.25, -0.2) is 9.37 Å². The predicted molar refractivity (Wildman–Crippen MR) is 63.1 cm³/mol. The van der Waals surface area contributed by atoms with Gasteiger partial charge in [-0.3, -0.25) is 19.5 Å². The molecule has 0 aliphatic heterocycles. The van der Waals surface area contributed by atoms with Crippen molar-refractivity contribution in [2.24, 2.45) is 0 Å². The number of phenols is 1. The molecule has 116 valence electrons. The number of nitro groups is 1. The van der Waals surface area contributed by atoms with E-state index in [1.54, 1.807) is 0 Å². The zero-order valence-corrected chi connectivity index (χ0v) is 10.3. The van der Waals surface area contributed by atoms with Crippen molar-refractivity contribution in [3.8, 4) is 11.4 Å². The molecular formula is C11H5F4N3O4. The molecule has 7 nitrogen and oxygen atoms in total. The van der Waals surface area contributed by atoms with Crippen molar-refractivity contribution in [3.05, 3.63) is 56.5 Å². The molecule has 22 heavy (non-hydrogen) atoms. The molecule has 0 atom stereocenters. The Labute approximate surface area is 118 Å². The summed E-state index contributed by atoms with van der Waals surface area (Å²) in [6, 6.07) is 1.02. The van der Waals surface area contributed by atoms with Gasteiger partial charge < -0.3 is 5.11 Å². The van der Waals surface area contributed by atoms with Crippen LogP contribution in [0.3, 0.4) is 0 Å². The van der Waals surface area contributed by atoms with Crippen molar-refractivity contribution in [2.75, 3.05) is 0 Å². The van der Waals surface area contributed by atoms with Crippen molar-refractivity contribution < 1.29 is 27.6 Å². The summed E-state index contributed by atoms with van der Waals surface area (Å²) < 4.78 is 51.3. The maximum absolute atomic E-state index is 13.8. The van der Waals surface area contributed by atoms with Gasteiger partial charge in [0.05, 0.1) is 16.7 Å². The number of nitro benzene ring substituents is 1. The van der Waals surface area contributed by atoms with Gasteiger partial charge in [0.1, 0.15) is 6.33 Å². The molecule has 0 aliphatic carbocycles. The van der Waals surface area contributed by atoms with E-state index in [1.807, 2.05) is 0 Å². The number of aromatic nitrogens is 2. The zero-order chi connectivity index (χ0) is 16.7. The first kappa shape index (κ1) is 15.4. The quantitative estimate of drug-likeness (QED) is 0.518. The summed E-state index contributed by atoms with van der Waals surface area (Å²) in [4.78, 5) is 24.0. The minimum absolute atomic E-state index is 0.137. The van der Waals surface area contributed by atoms with Gasteiger partial charge in [0.25, 0.3) is 5.56 Å². The van der Waals surface area contributed by atoms with Gasteiger partial charge in [0, 0.05) is 12.1 Å². The minimum atomic E-state index is -4.85. The second-order valence-electron chi connectivity index (χ2n) is 4.03. The third-order valence-corrected chi connectivity index (χ3v) is 2.60. The van der Waals surface area contributed by atoms with E-state index in [2.05, 4.69) is 4.98 Å². The van der Waals surface area contributed by atoms with Crippen LogP contribution in [0.2, 0.25) is 0 Å². The lowest BCUT2D eigenvalue weighted by Crippen LogP contribution is -2.22. The minimum Gasteiger partial charge on any atom is -0.502 e. The molecule has 0 aliphatic rings. The Morgan fingerprint density at radius 1 is 1.27 bits per heavy atom. The first-order chi connectivity index (χ1) is 10.1. The lowest BCUT2D eigenvalue weighted by atomic mass is 10.2. The zero-order valence-electron chi connectivity index (χ0n) is 10.3. The molecule has 1 N–H and O–H groups in total. The summed E-state index contributed by atoms with van der Waals surface area (Å²) in [6.07, 6.45) is -4.44. The Bertz CT molecular complexity index is 816. The van der Waals surface area contributed by atoms with E-state index in [0.29, 0.717) is 23.0 Å². The third kappa shape index (κ3) is 2.73. The van der Waals surface area contributed by atoms with Crippen LogP contribution in [0.1, 0.15) is 5.69 Å². The van der Waals surface area contributed by atoms with Gasteiger partial charge in [0.15, 0.2) is 17.3 Å². The number of aromatic hydroxyl groups is 1. The summed E-state index contributed by atoms with van der Waals surface area (Å²) in [5.41, 5.74) is -4.36. The lowest BCUT2D eigenvalue weighted by Gasteiger charge is -2.09. The van der Waals surface area contributed by atoms with Crippen LogP contribution in [-0.4, -0.2) is 19.6 Å². The van der Waals surface area contributed by atoms with Crippen molar-refractivity contribution >= 4 is 5.69 Å². The van der Waals surface area contributed by atoms with E-state index in [-0.39, 0.29) is 6.07 Å². The Morgan fingerprint density at radius 2 is 1.91 bits per heavy atom. The summed E-state index contributed by atoms with van der Waals surface area (Å²) in [7, 11) is 0. The first-order valence-corrected chi connectivity index (χ1v) is 5.44. The van der Waals surface area contributed by atoms with Gasteiger partial charge >= 0.3 is 11.9 Å². The molecule has 2 rings (SSSR count). The van der Waals surface area contributed by atoms with Crippen molar-refractivity contribution in [1.29, 1.82) is 0 Å². The van der Waals surface area contributed by atoms with Crippen LogP contribution >= 0.6 is 0 Å². The number of rotatable bonds is 2. The topological polar surface area (TPSA) is 98.3 Å². The van der Waals surface area contributed by atoms with Gasteiger partial charge in [0.2, 0.25) is 0 Å². The highest BCUT2D eigenvalue weighted by atomic mass is 19.4. The molecule has 0 saturated heterocycles. The summed E-state index contributed by atoms with van der Waals surface area (Å²) in [6.45, 7) is 0. The molecule has 2 aromatic rings. The largest absolute Gasteiger partial charge is 0.502 e. The molecule has 0 saturated carbocycles. The smallest absolute Gasteiger partial charge is 0.433 e. The monoisotopic (exact) mass is 319 g/mol. The number of nitrogens with zero attached hydrogens (tertiary/aromatic N) is 3. The van der Waals surface area contributed by atoms with Crippen LogP contribution in [0.25, 0.3) is 5.69 Å². The fourth-order valence-corrected chi connectivity index (χ4v) is 1.61. The van der Waals surface area contributed by atoms with E-state index in [0.717, 1.165) is 0 Å². The second-order valence-corrected chi connectivity index (χ2v) is 4.03. The van der Waals surface area contributed by atoms with E-state index in [9.17, 15) is 37.6 Å². The molecule has 1 aromatic heterocycles. The maximum Gasteiger partial charge on any atom is 0.433 e. The molecule has 0 radical (unpaired) electrons. The Hall–Kier alpha value is -2.98. The Balaban J connectivity index is 2.61. The van der Waals surface area contributed by atoms with Crippen LogP contribution in [0.15, 0.2) is 29.3 Å². The molecule has 1 heterocycles. The van der Waals surface area contributed by atoms with Gasteiger partial charge in [-0.2, -0.15) is 13.2 Å². The SMILES string of the molecule is O=c1cc(C(F)(F)F)ncn1-c1cc(O)c([N+](=O)[O-])cc1F. The van der Waals surface area contributed by atoms with Gasteiger partial charge in [-0.1, -0.05) is 0 Å². The average molecular weight is 319 g/mol. The number of hydrogen-bond donors (Lipinski definition) is 1. The number of alkyl halides is 3. The standard InChI is InChI=1S/C11H5F4N3O4/c12-5-1-7(18(21)22)8(19)2-6(5)17-4-16-9(3-10(17)20)11(13,14)15/h1-4,19H. The number of phenolic OH excluding ortho intramolecular Hbond substituents is 1. The van der Waals surface area contributed by atoms with E-state index < -0.39 is 45.3 Å². The third-order valence-electron chi connectivity index (χ3n) is 2.60. The van der Waals surface area contributed by atoms with Crippen molar-refractivity contribution in [3.63, 3.8) is 0 Å². The number of benzene rings is 1. The van der Waals surface area contributed by atoms with Crippen LogP contribution < -0.4 is 5.56 Å². The Morgan fingerprint density at radius 3 is 2.41 bits per heavy atom. The maximum atomic E-state index is 13.8. The highest BCUT2D eigenvalue weighted by Crippen LogP contribution is 2.30. The summed E-state index contributed by atoms with van der Waals surface area (Å²) in [5.74, 6) is -2.23. The van der Waals surface area contributed by atoms with Gasteiger partial charge in [-0.15, -0.1) is 0 Å². The highest BCUT2D eigenvalue weighted by Gasteiger charge is 2.33. The van der Waals surface area contributed by atoms with Crippen molar-refractivity contribution in [1.82, 2.24) is 9.55 Å². The van der Waals surface area contributed by atoms with E-state index in [1.165, 1.54) is 0 Å². The molecule has 11 heteroatoms. The summed E-state index contributed by atoms with van der Waals surface area (Å²) >= 11 is 0. The molecule has 0 unspecified atom stereocenters.